The number of benzene rings is 2. The van der Waals surface area contributed by atoms with Gasteiger partial charge in [0.2, 0.25) is 5.91 Å². The third-order valence-electron chi connectivity index (χ3n) is 7.70. The highest BCUT2D eigenvalue weighted by atomic mass is 35.5. The third kappa shape index (κ3) is 5.77. The number of aromatic nitrogens is 1. The summed E-state index contributed by atoms with van der Waals surface area (Å²) in [6.45, 7) is 3.02. The Kier molecular flexibility index (Phi) is 9.29. The Morgan fingerprint density at radius 3 is 2.58 bits per heavy atom. The first-order valence-corrected chi connectivity index (χ1v) is 13.2. The molecule has 10 heteroatoms. The highest BCUT2D eigenvalue weighted by Gasteiger charge is 2.29. The number of ether oxygens (including phenoxy) is 1. The van der Waals surface area contributed by atoms with Gasteiger partial charge in [0.15, 0.2) is 0 Å². The first kappa shape index (κ1) is 29.3. The van der Waals surface area contributed by atoms with Crippen molar-refractivity contribution in [1.29, 1.82) is 0 Å². The highest BCUT2D eigenvalue weighted by molar-refractivity contribution is 6.12. The monoisotopic (exact) mass is 567 g/mol. The molecule has 0 spiro atoms. The maximum absolute atomic E-state index is 14.6. The van der Waals surface area contributed by atoms with Gasteiger partial charge in [-0.1, -0.05) is 24.3 Å². The largest absolute Gasteiger partial charge is 0.383 e. The number of fused-ring (bicyclic) bond motifs is 1. The number of carbonyl (C=O) groups is 2. The molecule has 2 aromatic carbocycles. The molecule has 0 bridgehead atoms. The predicted octanol–water partition coefficient (Wildman–Crippen LogP) is 4.07. The van der Waals surface area contributed by atoms with Crippen LogP contribution in [0.1, 0.15) is 40.2 Å². The van der Waals surface area contributed by atoms with Crippen molar-refractivity contribution in [2.75, 3.05) is 38.3 Å². The van der Waals surface area contributed by atoms with E-state index >= 15 is 0 Å². The van der Waals surface area contributed by atoms with Crippen LogP contribution >= 0.6 is 12.4 Å². The molecule has 1 fully saturated rings. The van der Waals surface area contributed by atoms with Crippen LogP contribution in [0, 0.1) is 5.82 Å². The normalized spacial score (nSPS) is 15.7. The topological polar surface area (TPSA) is 107 Å². The van der Waals surface area contributed by atoms with Gasteiger partial charge >= 0.3 is 0 Å². The van der Waals surface area contributed by atoms with E-state index in [1.807, 2.05) is 51.0 Å². The maximum Gasteiger partial charge on any atom is 0.256 e. The van der Waals surface area contributed by atoms with Crippen LogP contribution in [-0.4, -0.2) is 54.6 Å². The molecule has 1 saturated heterocycles. The Hall–Kier alpha value is -3.66. The van der Waals surface area contributed by atoms with Gasteiger partial charge in [0.05, 0.1) is 23.4 Å². The summed E-state index contributed by atoms with van der Waals surface area (Å²) < 4.78 is 22.0. The molecular formula is C30H35ClFN5O3. The summed E-state index contributed by atoms with van der Waals surface area (Å²) in [4.78, 5) is 29.4. The fraction of sp³-hybridized carbons (Fsp3) is 0.333. The van der Waals surface area contributed by atoms with Crippen molar-refractivity contribution in [3.8, 4) is 0 Å². The summed E-state index contributed by atoms with van der Waals surface area (Å²) in [6.07, 6.45) is 8.57. The van der Waals surface area contributed by atoms with E-state index in [1.165, 1.54) is 6.07 Å². The molecular weight excluding hydrogens is 533 g/mol. The molecule has 212 valence electrons. The van der Waals surface area contributed by atoms with Crippen LogP contribution in [0.3, 0.4) is 0 Å². The number of amides is 2. The SMILES string of the molecule is COCCn1cc(C(=O)N2CCC(c3cc(CN)ccc3F)CC2)c2c(N3C=CC(C(N)=O)=CC3)cccc21.Cl. The van der Waals surface area contributed by atoms with Crippen molar-refractivity contribution in [3.05, 3.63) is 89.0 Å². The van der Waals surface area contributed by atoms with Gasteiger partial charge in [-0.3, -0.25) is 9.59 Å². The second kappa shape index (κ2) is 12.7. The standard InChI is InChI=1S/C30H34FN5O3.ClH/c1-39-16-15-36-19-24(28-26(3-2-4-27(28)36)34-11-9-22(10-12-34)29(33)37)30(38)35-13-7-21(8-14-35)23-17-20(18-32)5-6-25(23)31;/h2-6,9-11,17,19,21H,7-8,12-16,18,32H2,1H3,(H2,33,37);1H. The van der Waals surface area contributed by atoms with Crippen LogP contribution in [0.4, 0.5) is 10.1 Å². The number of anilines is 1. The van der Waals surface area contributed by atoms with Crippen LogP contribution in [0.25, 0.3) is 10.9 Å². The van der Waals surface area contributed by atoms with E-state index in [0.717, 1.165) is 22.2 Å². The number of methoxy groups -OCH3 is 1. The molecule has 2 aliphatic rings. The zero-order chi connectivity index (χ0) is 27.5. The van der Waals surface area contributed by atoms with E-state index in [1.54, 1.807) is 25.3 Å². The minimum absolute atomic E-state index is 0. The molecule has 2 aliphatic heterocycles. The molecule has 0 radical (unpaired) electrons. The third-order valence-corrected chi connectivity index (χ3v) is 7.70. The molecule has 0 saturated carbocycles. The smallest absolute Gasteiger partial charge is 0.256 e. The van der Waals surface area contributed by atoms with Crippen LogP contribution < -0.4 is 16.4 Å². The molecule has 4 N–H and O–H groups in total. The number of piperidine rings is 1. The number of likely N-dealkylation sites (tertiary alicyclic amines) is 1. The minimum atomic E-state index is -0.469. The van der Waals surface area contributed by atoms with E-state index in [9.17, 15) is 14.0 Å². The number of nitrogens with two attached hydrogens (primary N) is 2. The summed E-state index contributed by atoms with van der Waals surface area (Å²) >= 11 is 0. The van der Waals surface area contributed by atoms with E-state index in [-0.39, 0.29) is 30.0 Å². The molecule has 3 aromatic rings. The number of carbonyl (C=O) groups excluding carboxylic acids is 2. The predicted molar refractivity (Wildman–Crippen MR) is 157 cm³/mol. The van der Waals surface area contributed by atoms with Crippen LogP contribution in [0.2, 0.25) is 0 Å². The average molecular weight is 568 g/mol. The van der Waals surface area contributed by atoms with Crippen molar-refractivity contribution < 1.29 is 18.7 Å². The molecule has 5 rings (SSSR count). The van der Waals surface area contributed by atoms with Gasteiger partial charge in [-0.15, -0.1) is 12.4 Å². The van der Waals surface area contributed by atoms with Crippen LogP contribution in [0.5, 0.6) is 0 Å². The van der Waals surface area contributed by atoms with Crippen molar-refractivity contribution >= 4 is 40.8 Å². The first-order chi connectivity index (χ1) is 18.9. The zero-order valence-electron chi connectivity index (χ0n) is 22.5. The quantitative estimate of drug-likeness (QED) is 0.427. The fourth-order valence-electron chi connectivity index (χ4n) is 5.56. The Labute approximate surface area is 239 Å². The minimum Gasteiger partial charge on any atom is -0.383 e. The van der Waals surface area contributed by atoms with Crippen molar-refractivity contribution in [1.82, 2.24) is 9.47 Å². The number of hydrogen-bond acceptors (Lipinski definition) is 5. The fourth-order valence-corrected chi connectivity index (χ4v) is 5.56. The molecule has 1 aromatic heterocycles. The van der Waals surface area contributed by atoms with Crippen molar-refractivity contribution in [2.45, 2.75) is 31.8 Å². The highest BCUT2D eigenvalue weighted by Crippen LogP contribution is 2.36. The van der Waals surface area contributed by atoms with Crippen molar-refractivity contribution in [3.63, 3.8) is 0 Å². The Morgan fingerprint density at radius 2 is 1.93 bits per heavy atom. The second-order valence-corrected chi connectivity index (χ2v) is 10.0. The summed E-state index contributed by atoms with van der Waals surface area (Å²) in [5.74, 6) is -0.689. The van der Waals surface area contributed by atoms with Gasteiger partial charge in [-0.2, -0.15) is 0 Å². The average Bonchev–Trinajstić information content (AvgIpc) is 3.35. The number of rotatable bonds is 8. The lowest BCUT2D eigenvalue weighted by Gasteiger charge is -2.32. The lowest BCUT2D eigenvalue weighted by Crippen LogP contribution is -2.38. The number of primary amides is 1. The van der Waals surface area contributed by atoms with Crippen molar-refractivity contribution in [2.24, 2.45) is 11.5 Å². The lowest BCUT2D eigenvalue weighted by atomic mass is 9.88. The molecule has 0 unspecified atom stereocenters. The van der Waals surface area contributed by atoms with E-state index in [4.69, 9.17) is 16.2 Å². The van der Waals surface area contributed by atoms with Gasteiger partial charge < -0.3 is 30.6 Å². The van der Waals surface area contributed by atoms with Gasteiger partial charge in [0.25, 0.3) is 5.91 Å². The van der Waals surface area contributed by atoms with E-state index in [0.29, 0.717) is 68.9 Å². The van der Waals surface area contributed by atoms with Gasteiger partial charge in [0.1, 0.15) is 5.82 Å². The Morgan fingerprint density at radius 1 is 1.15 bits per heavy atom. The maximum atomic E-state index is 14.6. The number of hydrogen-bond donors (Lipinski definition) is 2. The summed E-state index contributed by atoms with van der Waals surface area (Å²) in [6, 6.07) is 11.0. The Bertz CT molecular complexity index is 1460. The van der Waals surface area contributed by atoms with Gasteiger partial charge in [-0.25, -0.2) is 4.39 Å². The molecule has 2 amide bonds. The summed E-state index contributed by atoms with van der Waals surface area (Å²) in [5.41, 5.74) is 15.7. The Balaban J connectivity index is 0.00000370. The second-order valence-electron chi connectivity index (χ2n) is 10.0. The number of nitrogens with zero attached hydrogens (tertiary/aromatic N) is 3. The van der Waals surface area contributed by atoms with E-state index < -0.39 is 5.91 Å². The molecule has 0 atom stereocenters. The lowest BCUT2D eigenvalue weighted by molar-refractivity contribution is -0.114. The van der Waals surface area contributed by atoms with E-state index in [2.05, 4.69) is 0 Å². The molecule has 0 aliphatic carbocycles. The number of halogens is 2. The molecule has 3 heterocycles. The van der Waals surface area contributed by atoms with Gasteiger partial charge in [0, 0.05) is 63.2 Å². The van der Waals surface area contributed by atoms with Crippen LogP contribution in [0.15, 0.2) is 66.5 Å². The summed E-state index contributed by atoms with van der Waals surface area (Å²) in [7, 11) is 1.65. The first-order valence-electron chi connectivity index (χ1n) is 13.2. The van der Waals surface area contributed by atoms with Crippen LogP contribution in [-0.2, 0) is 22.6 Å². The zero-order valence-corrected chi connectivity index (χ0v) is 23.3. The molecule has 40 heavy (non-hydrogen) atoms. The summed E-state index contributed by atoms with van der Waals surface area (Å²) in [5, 5.41) is 0.850. The van der Waals surface area contributed by atoms with Gasteiger partial charge in [-0.05, 0) is 54.2 Å². The molecule has 8 nitrogen and oxygen atoms in total.